The van der Waals surface area contributed by atoms with Gasteiger partial charge < -0.3 is 20.1 Å². The molecule has 1 aromatic heterocycles. The van der Waals surface area contributed by atoms with Gasteiger partial charge in [0.2, 0.25) is 0 Å². The fourth-order valence-corrected chi connectivity index (χ4v) is 5.98. The largest absolute Gasteiger partial charge is 0.481 e. The van der Waals surface area contributed by atoms with E-state index in [1.54, 1.807) is 12.4 Å². The lowest BCUT2D eigenvalue weighted by Crippen LogP contribution is -2.41. The first-order valence-corrected chi connectivity index (χ1v) is 14.0. The van der Waals surface area contributed by atoms with Crippen molar-refractivity contribution in [3.8, 4) is 6.01 Å². The van der Waals surface area contributed by atoms with Crippen molar-refractivity contribution in [2.24, 2.45) is 0 Å². The van der Waals surface area contributed by atoms with E-state index in [-0.39, 0.29) is 12.5 Å². The lowest BCUT2D eigenvalue weighted by molar-refractivity contribution is -0.138. The third kappa shape index (κ3) is 7.22. The van der Waals surface area contributed by atoms with Gasteiger partial charge in [-0.15, -0.1) is 0 Å². The quantitative estimate of drug-likeness (QED) is 0.312. The predicted molar refractivity (Wildman–Crippen MR) is 141 cm³/mol. The normalized spacial score (nSPS) is 17.0. The highest BCUT2D eigenvalue weighted by atomic mass is 32.3. The average molecular weight is 507 g/mol. The Kier molecular flexibility index (Phi) is 8.84. The maximum absolute atomic E-state index is 11.5. The van der Waals surface area contributed by atoms with Crippen molar-refractivity contribution < 1.29 is 23.7 Å². The molecule has 1 saturated heterocycles. The van der Waals surface area contributed by atoms with Crippen molar-refractivity contribution in [2.45, 2.75) is 64.8 Å². The minimum atomic E-state index is -2.48. The molecule has 9 nitrogen and oxygen atoms in total. The summed E-state index contributed by atoms with van der Waals surface area (Å²) in [5.74, 6) is -0.0175. The molecule has 194 valence electrons. The zero-order chi connectivity index (χ0) is 25.6. The zero-order valence-corrected chi connectivity index (χ0v) is 21.8. The Bertz CT molecular complexity index is 990. The van der Waals surface area contributed by atoms with Crippen LogP contribution in [0.25, 0.3) is 0 Å². The molecule has 0 amide bonds. The first kappa shape index (κ1) is 27.0. The molecule has 35 heavy (non-hydrogen) atoms. The number of anilines is 3. The second-order valence-electron chi connectivity index (χ2n) is 9.63. The molecule has 1 aliphatic heterocycles. The van der Waals surface area contributed by atoms with Gasteiger partial charge in [-0.3, -0.25) is 13.9 Å². The maximum Gasteiger partial charge on any atom is 0.316 e. The average Bonchev–Trinajstić information content (AvgIpc) is 2.79. The van der Waals surface area contributed by atoms with Gasteiger partial charge in [0.15, 0.2) is 0 Å². The van der Waals surface area contributed by atoms with Crippen LogP contribution in [-0.2, 0) is 10.2 Å². The van der Waals surface area contributed by atoms with Gasteiger partial charge in [0.05, 0.1) is 42.5 Å². The Morgan fingerprint density at radius 3 is 2.43 bits per heavy atom. The van der Waals surface area contributed by atoms with Crippen LogP contribution < -0.4 is 15.0 Å². The van der Waals surface area contributed by atoms with E-state index in [2.05, 4.69) is 27.1 Å². The lowest BCUT2D eigenvalue weighted by atomic mass is 9.81. The topological polar surface area (TPSA) is 128 Å². The van der Waals surface area contributed by atoms with Gasteiger partial charge in [0.25, 0.3) is 0 Å². The number of aliphatic carboxylic acids is 1. The molecule has 10 heteroatoms. The first-order valence-electron chi connectivity index (χ1n) is 12.1. The van der Waals surface area contributed by atoms with E-state index >= 15 is 0 Å². The third-order valence-electron chi connectivity index (χ3n) is 6.32. The summed E-state index contributed by atoms with van der Waals surface area (Å²) < 4.78 is 25.6. The van der Waals surface area contributed by atoms with Crippen LogP contribution in [0.4, 0.5) is 17.1 Å². The van der Waals surface area contributed by atoms with Crippen LogP contribution in [0.15, 0.2) is 30.6 Å². The molecule has 2 heterocycles. The standard InChI is InChI=1S/C25H38N4O5S/c1-5-11-29(20-9-12-35(32,33)13-10-20)22-8-7-18(25(3,4)15-23(30)31)14-21(22)28-19-16-26-24(27-17-19)34-6-2/h7-8,14,16-17,20,28,32-33H,5-6,9-13,15H2,1-4H3,(H,30,31). The molecule has 2 aromatic rings. The van der Waals surface area contributed by atoms with Gasteiger partial charge in [-0.05, 0) is 43.9 Å². The summed E-state index contributed by atoms with van der Waals surface area (Å²) in [6.45, 7) is 9.15. The van der Waals surface area contributed by atoms with Gasteiger partial charge in [-0.2, -0.15) is 10.6 Å². The molecule has 0 atom stereocenters. The number of nitrogens with one attached hydrogen (secondary N) is 1. The van der Waals surface area contributed by atoms with E-state index in [0.29, 0.717) is 42.7 Å². The summed E-state index contributed by atoms with van der Waals surface area (Å²) in [7, 11) is -2.48. The number of hydrogen-bond donors (Lipinski definition) is 4. The van der Waals surface area contributed by atoms with E-state index < -0.39 is 22.0 Å². The first-order chi connectivity index (χ1) is 16.5. The number of carboxylic acids is 1. The van der Waals surface area contributed by atoms with Crippen molar-refractivity contribution in [3.63, 3.8) is 0 Å². The van der Waals surface area contributed by atoms with Crippen LogP contribution in [0.3, 0.4) is 0 Å². The summed E-state index contributed by atoms with van der Waals surface area (Å²) in [5.41, 5.74) is 2.86. The number of aromatic nitrogens is 2. The van der Waals surface area contributed by atoms with Crippen molar-refractivity contribution in [3.05, 3.63) is 36.2 Å². The molecule has 0 bridgehead atoms. The highest BCUT2D eigenvalue weighted by molar-refractivity contribution is 8.24. The highest BCUT2D eigenvalue weighted by Gasteiger charge is 2.30. The van der Waals surface area contributed by atoms with Crippen molar-refractivity contribution in [1.82, 2.24) is 9.97 Å². The molecule has 1 aromatic carbocycles. The molecular formula is C25H38N4O5S. The fourth-order valence-electron chi connectivity index (χ4n) is 4.48. The molecular weight excluding hydrogens is 468 g/mol. The van der Waals surface area contributed by atoms with E-state index in [0.717, 1.165) is 29.9 Å². The van der Waals surface area contributed by atoms with Crippen LogP contribution in [-0.4, -0.2) is 60.8 Å². The second kappa shape index (κ2) is 11.5. The summed E-state index contributed by atoms with van der Waals surface area (Å²) in [5, 5.41) is 12.9. The van der Waals surface area contributed by atoms with Crippen molar-refractivity contribution in [2.75, 3.05) is 34.9 Å². The molecule has 0 unspecified atom stereocenters. The molecule has 0 radical (unpaired) electrons. The third-order valence-corrected chi connectivity index (χ3v) is 8.10. The smallest absolute Gasteiger partial charge is 0.316 e. The number of hydrogen-bond acceptors (Lipinski definition) is 8. The lowest BCUT2D eigenvalue weighted by Gasteiger charge is -2.44. The molecule has 0 saturated carbocycles. The number of rotatable bonds is 11. The summed E-state index contributed by atoms with van der Waals surface area (Å²) in [4.78, 5) is 22.3. The fraction of sp³-hybridized carbons (Fsp3) is 0.560. The van der Waals surface area contributed by atoms with E-state index in [1.807, 2.05) is 39.0 Å². The molecule has 4 N–H and O–H groups in total. The molecule has 3 rings (SSSR count). The second-order valence-corrected chi connectivity index (χ2v) is 12.1. The molecule has 0 aliphatic carbocycles. The van der Waals surface area contributed by atoms with Crippen molar-refractivity contribution >= 4 is 33.6 Å². The number of carbonyl (C=O) groups is 1. The number of benzene rings is 1. The van der Waals surface area contributed by atoms with E-state index in [4.69, 9.17) is 4.74 Å². The van der Waals surface area contributed by atoms with E-state index in [1.165, 1.54) is 0 Å². The monoisotopic (exact) mass is 506 g/mol. The van der Waals surface area contributed by atoms with Gasteiger partial charge in [0.1, 0.15) is 0 Å². The zero-order valence-electron chi connectivity index (χ0n) is 21.0. The molecule has 1 fully saturated rings. The minimum Gasteiger partial charge on any atom is -0.481 e. The van der Waals surface area contributed by atoms with Crippen LogP contribution in [0, 0.1) is 0 Å². The molecule has 1 aliphatic rings. The van der Waals surface area contributed by atoms with Gasteiger partial charge in [-0.1, -0.05) is 26.8 Å². The number of ether oxygens (including phenoxy) is 1. The Hall–Kier alpha value is -2.56. The minimum absolute atomic E-state index is 0.0110. The Balaban J connectivity index is 2.00. The number of nitrogens with zero attached hydrogens (tertiary/aromatic N) is 3. The van der Waals surface area contributed by atoms with Gasteiger partial charge >= 0.3 is 12.0 Å². The Labute approximate surface area is 209 Å². The van der Waals surface area contributed by atoms with Crippen LogP contribution in [0.1, 0.15) is 58.9 Å². The van der Waals surface area contributed by atoms with Crippen LogP contribution in [0.5, 0.6) is 6.01 Å². The molecule has 0 spiro atoms. The Morgan fingerprint density at radius 2 is 1.86 bits per heavy atom. The highest BCUT2D eigenvalue weighted by Crippen LogP contribution is 2.46. The summed E-state index contributed by atoms with van der Waals surface area (Å²) in [6, 6.07) is 6.54. The van der Waals surface area contributed by atoms with Crippen LogP contribution >= 0.6 is 10.6 Å². The number of carboxylic acid groups (broad SMARTS) is 1. The Morgan fingerprint density at radius 1 is 1.20 bits per heavy atom. The predicted octanol–water partition coefficient (Wildman–Crippen LogP) is 5.50. The van der Waals surface area contributed by atoms with E-state index in [9.17, 15) is 19.0 Å². The summed E-state index contributed by atoms with van der Waals surface area (Å²) >= 11 is 0. The van der Waals surface area contributed by atoms with Gasteiger partial charge in [-0.25, -0.2) is 9.97 Å². The van der Waals surface area contributed by atoms with Crippen molar-refractivity contribution in [1.29, 1.82) is 0 Å². The van der Waals surface area contributed by atoms with Gasteiger partial charge in [0, 0.05) is 29.5 Å². The maximum atomic E-state index is 11.5. The SMILES string of the molecule is CCCN(c1ccc(C(C)(C)CC(=O)O)cc1Nc1cnc(OCC)nc1)C1CCS(O)(O)CC1. The van der Waals surface area contributed by atoms with Crippen LogP contribution in [0.2, 0.25) is 0 Å². The summed E-state index contributed by atoms with van der Waals surface area (Å²) in [6.07, 6.45) is 5.69.